The molecule has 2 nitrogen and oxygen atoms in total. The molecule has 0 spiro atoms. The minimum absolute atomic E-state index is 0.0462. The summed E-state index contributed by atoms with van der Waals surface area (Å²) in [5.41, 5.74) is 5.22. The molecule has 0 aliphatic carbocycles. The quantitative estimate of drug-likeness (QED) is 0.551. The van der Waals surface area contributed by atoms with Crippen LogP contribution in [0.4, 0.5) is 11.4 Å². The summed E-state index contributed by atoms with van der Waals surface area (Å²) < 4.78 is 0. The highest BCUT2D eigenvalue weighted by molar-refractivity contribution is 6.01. The number of benzene rings is 3. The highest BCUT2D eigenvalue weighted by Gasteiger charge is 2.16. The van der Waals surface area contributed by atoms with Gasteiger partial charge in [-0.05, 0) is 43.7 Å². The van der Waals surface area contributed by atoms with E-state index in [9.17, 15) is 4.79 Å². The van der Waals surface area contributed by atoms with Gasteiger partial charge in [0.05, 0.1) is 0 Å². The molecule has 3 aromatic rings. The van der Waals surface area contributed by atoms with Crippen molar-refractivity contribution in [1.29, 1.82) is 0 Å². The summed E-state index contributed by atoms with van der Waals surface area (Å²) in [6.07, 6.45) is 4.25. The summed E-state index contributed by atoms with van der Waals surface area (Å²) in [5, 5.41) is 0. The van der Waals surface area contributed by atoms with E-state index in [4.69, 9.17) is 0 Å². The van der Waals surface area contributed by atoms with Crippen LogP contribution in [0.15, 0.2) is 84.9 Å². The molecule has 0 atom stereocenters. The van der Waals surface area contributed by atoms with E-state index in [1.54, 1.807) is 4.90 Å². The molecular weight excluding hydrogens is 318 g/mol. The van der Waals surface area contributed by atoms with Crippen LogP contribution in [0.5, 0.6) is 0 Å². The first kappa shape index (κ1) is 17.7. The lowest BCUT2D eigenvalue weighted by atomic mass is 10.1. The number of hydrogen-bond donors (Lipinski definition) is 0. The molecule has 26 heavy (non-hydrogen) atoms. The third-order valence-corrected chi connectivity index (χ3v) is 4.24. The smallest absolute Gasteiger partial charge is 0.235 e. The van der Waals surface area contributed by atoms with Gasteiger partial charge in [0.25, 0.3) is 0 Å². The van der Waals surface area contributed by atoms with Gasteiger partial charge in [0.2, 0.25) is 5.91 Å². The normalized spacial score (nSPS) is 10.8. The predicted molar refractivity (Wildman–Crippen MR) is 110 cm³/mol. The van der Waals surface area contributed by atoms with Crippen LogP contribution in [-0.4, -0.2) is 5.91 Å². The number of anilines is 2. The molecular formula is C24H23NO. The molecule has 0 fully saturated rings. The number of rotatable bonds is 5. The Balaban J connectivity index is 1.84. The Morgan fingerprint density at radius 2 is 1.27 bits per heavy atom. The number of carbonyl (C=O) groups is 1. The second kappa shape index (κ2) is 8.30. The summed E-state index contributed by atoms with van der Waals surface area (Å²) in [6.45, 7) is 4.09. The van der Waals surface area contributed by atoms with E-state index in [1.165, 1.54) is 11.1 Å². The van der Waals surface area contributed by atoms with Crippen LogP contribution in [0.1, 0.15) is 23.1 Å². The Labute approximate surface area is 155 Å². The molecule has 0 radical (unpaired) electrons. The summed E-state index contributed by atoms with van der Waals surface area (Å²) >= 11 is 0. The van der Waals surface area contributed by atoms with Crippen molar-refractivity contribution in [3.63, 3.8) is 0 Å². The van der Waals surface area contributed by atoms with Crippen molar-refractivity contribution in [2.45, 2.75) is 20.3 Å². The van der Waals surface area contributed by atoms with E-state index < -0.39 is 0 Å². The van der Waals surface area contributed by atoms with E-state index in [1.807, 2.05) is 105 Å². The largest absolute Gasteiger partial charge is 0.281 e. The third kappa shape index (κ3) is 4.48. The molecule has 0 saturated heterocycles. The standard InChI is InChI=1S/C24H23NO/c1-19-11-15-22(16-12-19)25(23-17-13-20(2)14-18-23)24(26)10-6-9-21-7-4-3-5-8-21/h3-9,11-18H,10H2,1-2H3/b9-6+. The number of nitrogens with zero attached hydrogens (tertiary/aromatic N) is 1. The van der Waals surface area contributed by atoms with Gasteiger partial charge in [-0.1, -0.05) is 77.9 Å². The van der Waals surface area contributed by atoms with Gasteiger partial charge in [0.15, 0.2) is 0 Å². The van der Waals surface area contributed by atoms with E-state index in [-0.39, 0.29) is 5.91 Å². The molecule has 0 aliphatic rings. The first-order valence-electron chi connectivity index (χ1n) is 8.81. The van der Waals surface area contributed by atoms with E-state index >= 15 is 0 Å². The molecule has 3 rings (SSSR count). The minimum atomic E-state index is 0.0462. The fraction of sp³-hybridized carbons (Fsp3) is 0.125. The molecule has 0 saturated carbocycles. The van der Waals surface area contributed by atoms with Gasteiger partial charge in [0, 0.05) is 17.8 Å². The molecule has 0 aliphatic heterocycles. The molecule has 0 unspecified atom stereocenters. The zero-order valence-electron chi connectivity index (χ0n) is 15.2. The molecule has 0 aromatic heterocycles. The molecule has 130 valence electrons. The fourth-order valence-corrected chi connectivity index (χ4v) is 2.78. The molecule has 0 N–H and O–H groups in total. The monoisotopic (exact) mass is 341 g/mol. The molecule has 0 bridgehead atoms. The van der Waals surface area contributed by atoms with Crippen molar-refractivity contribution >= 4 is 23.4 Å². The van der Waals surface area contributed by atoms with Crippen molar-refractivity contribution in [1.82, 2.24) is 0 Å². The van der Waals surface area contributed by atoms with Crippen LogP contribution < -0.4 is 4.90 Å². The van der Waals surface area contributed by atoms with Gasteiger partial charge in [-0.2, -0.15) is 0 Å². The van der Waals surface area contributed by atoms with Crippen LogP contribution in [0.3, 0.4) is 0 Å². The Hall–Kier alpha value is -3.13. The van der Waals surface area contributed by atoms with E-state index in [0.29, 0.717) is 6.42 Å². The van der Waals surface area contributed by atoms with Crippen molar-refractivity contribution in [2.24, 2.45) is 0 Å². The van der Waals surface area contributed by atoms with E-state index in [0.717, 1.165) is 16.9 Å². The topological polar surface area (TPSA) is 20.3 Å². The summed E-state index contributed by atoms with van der Waals surface area (Å²) in [6, 6.07) is 26.1. The van der Waals surface area contributed by atoms with Gasteiger partial charge in [-0.3, -0.25) is 9.69 Å². The van der Waals surface area contributed by atoms with Crippen molar-refractivity contribution in [2.75, 3.05) is 4.90 Å². The molecule has 3 aromatic carbocycles. The average Bonchev–Trinajstić information content (AvgIpc) is 2.66. The van der Waals surface area contributed by atoms with Crippen LogP contribution in [-0.2, 0) is 4.79 Å². The number of amides is 1. The van der Waals surface area contributed by atoms with Crippen molar-refractivity contribution in [3.05, 3.63) is 102 Å². The first-order chi connectivity index (χ1) is 12.6. The second-order valence-corrected chi connectivity index (χ2v) is 6.42. The number of aryl methyl sites for hydroxylation is 2. The summed E-state index contributed by atoms with van der Waals surface area (Å²) in [5.74, 6) is 0.0462. The lowest BCUT2D eigenvalue weighted by molar-refractivity contribution is -0.117. The first-order valence-corrected chi connectivity index (χ1v) is 8.81. The second-order valence-electron chi connectivity index (χ2n) is 6.42. The Morgan fingerprint density at radius 1 is 0.769 bits per heavy atom. The fourth-order valence-electron chi connectivity index (χ4n) is 2.78. The zero-order chi connectivity index (χ0) is 18.4. The number of hydrogen-bond acceptors (Lipinski definition) is 1. The predicted octanol–water partition coefficient (Wildman–Crippen LogP) is 6.07. The van der Waals surface area contributed by atoms with Crippen molar-refractivity contribution < 1.29 is 4.79 Å². The molecule has 1 amide bonds. The van der Waals surface area contributed by atoms with E-state index in [2.05, 4.69) is 0 Å². The average molecular weight is 341 g/mol. The maximum absolute atomic E-state index is 13.0. The Bertz CT molecular complexity index is 832. The third-order valence-electron chi connectivity index (χ3n) is 4.24. The van der Waals surface area contributed by atoms with Crippen LogP contribution >= 0.6 is 0 Å². The van der Waals surface area contributed by atoms with Crippen LogP contribution in [0.2, 0.25) is 0 Å². The summed E-state index contributed by atoms with van der Waals surface area (Å²) in [7, 11) is 0. The lowest BCUT2D eigenvalue weighted by Gasteiger charge is -2.23. The van der Waals surface area contributed by atoms with Gasteiger partial charge in [-0.25, -0.2) is 0 Å². The minimum Gasteiger partial charge on any atom is -0.281 e. The SMILES string of the molecule is Cc1ccc(N(C(=O)C/C=C/c2ccccc2)c2ccc(C)cc2)cc1. The Kier molecular flexibility index (Phi) is 5.65. The highest BCUT2D eigenvalue weighted by Crippen LogP contribution is 2.27. The lowest BCUT2D eigenvalue weighted by Crippen LogP contribution is -2.25. The zero-order valence-corrected chi connectivity index (χ0v) is 15.2. The Morgan fingerprint density at radius 3 is 1.77 bits per heavy atom. The maximum Gasteiger partial charge on any atom is 0.235 e. The van der Waals surface area contributed by atoms with Gasteiger partial charge in [0.1, 0.15) is 0 Å². The van der Waals surface area contributed by atoms with Crippen molar-refractivity contribution in [3.8, 4) is 0 Å². The number of carbonyl (C=O) groups excluding carboxylic acids is 1. The van der Waals surface area contributed by atoms with Crippen LogP contribution in [0.25, 0.3) is 6.08 Å². The maximum atomic E-state index is 13.0. The summed E-state index contributed by atoms with van der Waals surface area (Å²) in [4.78, 5) is 14.8. The van der Waals surface area contributed by atoms with Gasteiger partial charge < -0.3 is 0 Å². The molecule has 0 heterocycles. The molecule has 2 heteroatoms. The van der Waals surface area contributed by atoms with Gasteiger partial charge in [-0.15, -0.1) is 0 Å². The van der Waals surface area contributed by atoms with Crippen LogP contribution in [0, 0.1) is 13.8 Å². The highest BCUT2D eigenvalue weighted by atomic mass is 16.2. The van der Waals surface area contributed by atoms with Gasteiger partial charge >= 0.3 is 0 Å².